The minimum Gasteiger partial charge on any atom is -0.481 e. The highest BCUT2D eigenvalue weighted by molar-refractivity contribution is 5.82. The molecule has 0 spiro atoms. The van der Waals surface area contributed by atoms with Crippen LogP contribution in [0.25, 0.3) is 0 Å². The van der Waals surface area contributed by atoms with Crippen LogP contribution in [-0.2, 0) is 14.3 Å². The summed E-state index contributed by atoms with van der Waals surface area (Å²) < 4.78 is 10.7. The monoisotopic (exact) mass is 330 g/mol. The van der Waals surface area contributed by atoms with E-state index in [0.29, 0.717) is 31.0 Å². The number of esters is 1. The number of nitrogens with zero attached hydrogens (tertiary/aromatic N) is 2. The van der Waals surface area contributed by atoms with E-state index in [1.807, 2.05) is 6.07 Å². The highest BCUT2D eigenvalue weighted by Crippen LogP contribution is 2.20. The van der Waals surface area contributed by atoms with Gasteiger partial charge in [-0.3, -0.25) is 9.59 Å². The van der Waals surface area contributed by atoms with Crippen LogP contribution in [-0.4, -0.2) is 42.6 Å². The van der Waals surface area contributed by atoms with E-state index in [9.17, 15) is 9.59 Å². The van der Waals surface area contributed by atoms with Gasteiger partial charge >= 0.3 is 5.97 Å². The zero-order chi connectivity index (χ0) is 17.5. The molecule has 24 heavy (non-hydrogen) atoms. The zero-order valence-corrected chi connectivity index (χ0v) is 14.0. The third-order valence-corrected chi connectivity index (χ3v) is 4.00. The zero-order valence-electron chi connectivity index (χ0n) is 14.0. The highest BCUT2D eigenvalue weighted by atomic mass is 16.5. The molecule has 2 atom stereocenters. The van der Waals surface area contributed by atoms with Crippen LogP contribution in [0.5, 0.6) is 5.75 Å². The predicted octanol–water partition coefficient (Wildman–Crippen LogP) is 2.13. The summed E-state index contributed by atoms with van der Waals surface area (Å²) in [5.74, 6) is -0.109. The number of nitriles is 1. The lowest BCUT2D eigenvalue weighted by atomic mass is 9.98. The Labute approximate surface area is 142 Å². The Morgan fingerprint density at radius 3 is 2.71 bits per heavy atom. The first-order chi connectivity index (χ1) is 11.5. The Hall–Kier alpha value is -2.55. The number of hydrogen-bond donors (Lipinski definition) is 0. The number of likely N-dealkylation sites (tertiary alicyclic amines) is 1. The third-order valence-electron chi connectivity index (χ3n) is 4.00. The molecule has 2 rings (SSSR count). The Kier molecular flexibility index (Phi) is 6.19. The van der Waals surface area contributed by atoms with Crippen LogP contribution in [0.15, 0.2) is 24.3 Å². The normalized spacial score (nSPS) is 18.4. The van der Waals surface area contributed by atoms with Crippen LogP contribution in [0.4, 0.5) is 0 Å². The fourth-order valence-corrected chi connectivity index (χ4v) is 2.75. The molecule has 1 heterocycles. The maximum atomic E-state index is 12.5. The van der Waals surface area contributed by atoms with Crippen LogP contribution in [0.3, 0.4) is 0 Å². The van der Waals surface area contributed by atoms with Gasteiger partial charge in [0.05, 0.1) is 24.2 Å². The molecule has 1 aliphatic heterocycles. The molecule has 1 amide bonds. The molecule has 0 bridgehead atoms. The standard InChI is InChI=1S/C18H22N2O4/c1-3-23-18(22)15-5-4-10-20(12-15)17(21)13(2)24-16-8-6-14(11-19)7-9-16/h6-9,13,15H,3-5,10,12H2,1-2H3/t13-,15+/m1/s1. The number of rotatable bonds is 5. The molecule has 0 N–H and O–H groups in total. The molecule has 6 heteroatoms. The number of piperidine rings is 1. The first-order valence-electron chi connectivity index (χ1n) is 8.17. The van der Waals surface area contributed by atoms with Crippen molar-refractivity contribution in [2.75, 3.05) is 19.7 Å². The Morgan fingerprint density at radius 1 is 1.38 bits per heavy atom. The van der Waals surface area contributed by atoms with E-state index in [0.717, 1.165) is 12.8 Å². The van der Waals surface area contributed by atoms with Gasteiger partial charge in [0.1, 0.15) is 5.75 Å². The Balaban J connectivity index is 1.94. The smallest absolute Gasteiger partial charge is 0.310 e. The van der Waals surface area contributed by atoms with E-state index in [-0.39, 0.29) is 17.8 Å². The molecule has 6 nitrogen and oxygen atoms in total. The van der Waals surface area contributed by atoms with Gasteiger partial charge in [-0.1, -0.05) is 0 Å². The summed E-state index contributed by atoms with van der Waals surface area (Å²) in [5.41, 5.74) is 0.537. The fraction of sp³-hybridized carbons (Fsp3) is 0.500. The van der Waals surface area contributed by atoms with Gasteiger partial charge in [0.15, 0.2) is 6.10 Å². The van der Waals surface area contributed by atoms with E-state index < -0.39 is 6.10 Å². The van der Waals surface area contributed by atoms with Crippen molar-refractivity contribution in [1.82, 2.24) is 4.90 Å². The molecule has 128 valence electrons. The van der Waals surface area contributed by atoms with Crippen molar-refractivity contribution in [3.8, 4) is 11.8 Å². The molecule has 0 unspecified atom stereocenters. The van der Waals surface area contributed by atoms with E-state index in [1.54, 1.807) is 43.0 Å². The van der Waals surface area contributed by atoms with Crippen LogP contribution in [0.2, 0.25) is 0 Å². The van der Waals surface area contributed by atoms with Gasteiger partial charge in [-0.15, -0.1) is 0 Å². The fourth-order valence-electron chi connectivity index (χ4n) is 2.75. The summed E-state index contributed by atoms with van der Waals surface area (Å²) in [7, 11) is 0. The first-order valence-corrected chi connectivity index (χ1v) is 8.17. The maximum absolute atomic E-state index is 12.5. The number of carbonyl (C=O) groups excluding carboxylic acids is 2. The summed E-state index contributed by atoms with van der Waals surface area (Å²) in [5, 5.41) is 8.79. The molecular formula is C18H22N2O4. The van der Waals surface area contributed by atoms with Gasteiger partial charge in [0.2, 0.25) is 0 Å². The number of ether oxygens (including phenoxy) is 2. The van der Waals surface area contributed by atoms with Gasteiger partial charge in [-0.2, -0.15) is 5.26 Å². The van der Waals surface area contributed by atoms with Crippen molar-refractivity contribution < 1.29 is 19.1 Å². The average Bonchev–Trinajstić information content (AvgIpc) is 2.62. The third kappa shape index (κ3) is 4.48. The van der Waals surface area contributed by atoms with Crippen LogP contribution in [0, 0.1) is 17.2 Å². The van der Waals surface area contributed by atoms with Gasteiger partial charge < -0.3 is 14.4 Å². The molecule has 1 aromatic carbocycles. The summed E-state index contributed by atoms with van der Waals surface area (Å²) in [4.78, 5) is 26.1. The van der Waals surface area contributed by atoms with Crippen LogP contribution < -0.4 is 4.74 Å². The molecular weight excluding hydrogens is 308 g/mol. The Morgan fingerprint density at radius 2 is 2.08 bits per heavy atom. The summed E-state index contributed by atoms with van der Waals surface area (Å²) >= 11 is 0. The van der Waals surface area contributed by atoms with Crippen molar-refractivity contribution in [3.05, 3.63) is 29.8 Å². The van der Waals surface area contributed by atoms with Crippen molar-refractivity contribution in [1.29, 1.82) is 5.26 Å². The minimum absolute atomic E-state index is 0.145. The van der Waals surface area contributed by atoms with E-state index in [4.69, 9.17) is 14.7 Å². The van der Waals surface area contributed by atoms with Gasteiger partial charge in [-0.25, -0.2) is 0 Å². The summed E-state index contributed by atoms with van der Waals surface area (Å²) in [6.45, 7) is 4.81. The molecule has 1 fully saturated rings. The second-order valence-corrected chi connectivity index (χ2v) is 5.77. The lowest BCUT2D eigenvalue weighted by molar-refractivity contribution is -0.152. The van der Waals surface area contributed by atoms with Crippen LogP contribution >= 0.6 is 0 Å². The van der Waals surface area contributed by atoms with E-state index in [1.165, 1.54) is 0 Å². The molecule has 0 radical (unpaired) electrons. The van der Waals surface area contributed by atoms with Crippen molar-refractivity contribution in [3.63, 3.8) is 0 Å². The first kappa shape index (κ1) is 17.8. The van der Waals surface area contributed by atoms with Gasteiger partial charge in [0.25, 0.3) is 5.91 Å². The molecule has 1 aromatic rings. The predicted molar refractivity (Wildman–Crippen MR) is 87.2 cm³/mol. The number of amides is 1. The average molecular weight is 330 g/mol. The van der Waals surface area contributed by atoms with Crippen LogP contribution in [0.1, 0.15) is 32.3 Å². The van der Waals surface area contributed by atoms with Gasteiger partial charge in [0, 0.05) is 13.1 Å². The molecule has 0 aliphatic carbocycles. The SMILES string of the molecule is CCOC(=O)[C@H]1CCCN(C(=O)[C@@H](C)Oc2ccc(C#N)cc2)C1. The maximum Gasteiger partial charge on any atom is 0.310 e. The topological polar surface area (TPSA) is 79.6 Å². The van der Waals surface area contributed by atoms with Crippen molar-refractivity contribution in [2.24, 2.45) is 5.92 Å². The summed E-state index contributed by atoms with van der Waals surface area (Å²) in [6, 6.07) is 8.65. The number of carbonyl (C=O) groups is 2. The lowest BCUT2D eigenvalue weighted by Gasteiger charge is -2.33. The number of hydrogen-bond acceptors (Lipinski definition) is 5. The minimum atomic E-state index is -0.654. The van der Waals surface area contributed by atoms with Gasteiger partial charge in [-0.05, 0) is 51.0 Å². The molecule has 0 aromatic heterocycles. The molecule has 0 saturated carbocycles. The van der Waals surface area contributed by atoms with E-state index in [2.05, 4.69) is 0 Å². The highest BCUT2D eigenvalue weighted by Gasteiger charge is 2.31. The lowest BCUT2D eigenvalue weighted by Crippen LogP contribution is -2.47. The second-order valence-electron chi connectivity index (χ2n) is 5.77. The second kappa shape index (κ2) is 8.34. The van der Waals surface area contributed by atoms with Crippen molar-refractivity contribution >= 4 is 11.9 Å². The largest absolute Gasteiger partial charge is 0.481 e. The Bertz CT molecular complexity index is 621. The van der Waals surface area contributed by atoms with E-state index >= 15 is 0 Å². The summed E-state index contributed by atoms with van der Waals surface area (Å²) in [6.07, 6.45) is 0.866. The molecule has 1 saturated heterocycles. The van der Waals surface area contributed by atoms with Crippen molar-refractivity contribution in [2.45, 2.75) is 32.8 Å². The molecule has 1 aliphatic rings. The number of benzene rings is 1. The quantitative estimate of drug-likeness (QED) is 0.773.